The Bertz CT molecular complexity index is 981. The van der Waals surface area contributed by atoms with Gasteiger partial charge >= 0.3 is 5.97 Å². The van der Waals surface area contributed by atoms with E-state index in [1.807, 2.05) is 53.6 Å². The maximum Gasteiger partial charge on any atom is 0.335 e. The third kappa shape index (κ3) is 3.53. The third-order valence-electron chi connectivity index (χ3n) is 5.22. The molecule has 6 nitrogen and oxygen atoms in total. The highest BCUT2D eigenvalue weighted by molar-refractivity contribution is 5.97. The average molecular weight is 375 g/mol. The van der Waals surface area contributed by atoms with Crippen LogP contribution in [-0.2, 0) is 0 Å². The van der Waals surface area contributed by atoms with Gasteiger partial charge in [-0.25, -0.2) is 9.48 Å². The normalized spacial score (nSPS) is 16.7. The molecular weight excluding hydrogens is 354 g/mol. The molecule has 0 bridgehead atoms. The van der Waals surface area contributed by atoms with Crippen molar-refractivity contribution in [3.05, 3.63) is 83.7 Å². The van der Waals surface area contributed by atoms with E-state index in [2.05, 4.69) is 5.10 Å². The van der Waals surface area contributed by atoms with Crippen molar-refractivity contribution >= 4 is 11.9 Å². The highest BCUT2D eigenvalue weighted by Crippen LogP contribution is 2.29. The summed E-state index contributed by atoms with van der Waals surface area (Å²) in [5.41, 5.74) is 2.75. The Labute approximate surface area is 163 Å². The maximum absolute atomic E-state index is 13.2. The number of nitrogens with zero attached hydrogens (tertiary/aromatic N) is 3. The molecule has 0 unspecified atom stereocenters. The van der Waals surface area contributed by atoms with Crippen LogP contribution in [-0.4, -0.2) is 44.8 Å². The van der Waals surface area contributed by atoms with E-state index in [-0.39, 0.29) is 17.4 Å². The van der Waals surface area contributed by atoms with Crippen molar-refractivity contribution in [1.29, 1.82) is 0 Å². The standard InChI is InChI=1S/C22H21N3O3/c26-21(19-6-1-2-7-20(19)25-14-4-12-23-25)24-13-3-5-18(15-24)16-8-10-17(11-9-16)22(27)28/h1-2,4,6-12,14,18H,3,5,13,15H2,(H,27,28)/t18-/m1/s1. The molecule has 0 spiro atoms. The number of carbonyl (C=O) groups is 2. The number of carbonyl (C=O) groups excluding carboxylic acids is 1. The highest BCUT2D eigenvalue weighted by atomic mass is 16.4. The minimum atomic E-state index is -0.928. The Kier molecular flexibility index (Phi) is 4.93. The van der Waals surface area contributed by atoms with Crippen molar-refractivity contribution in [2.24, 2.45) is 0 Å². The molecule has 1 saturated heterocycles. The lowest BCUT2D eigenvalue weighted by Gasteiger charge is -2.33. The first-order chi connectivity index (χ1) is 13.6. The van der Waals surface area contributed by atoms with Crippen molar-refractivity contribution in [2.45, 2.75) is 18.8 Å². The molecule has 1 aromatic heterocycles. The van der Waals surface area contributed by atoms with Crippen molar-refractivity contribution in [3.63, 3.8) is 0 Å². The van der Waals surface area contributed by atoms with E-state index in [4.69, 9.17) is 5.11 Å². The summed E-state index contributed by atoms with van der Waals surface area (Å²) in [4.78, 5) is 26.2. The predicted octanol–water partition coefficient (Wildman–Crippen LogP) is 3.59. The Morgan fingerprint density at radius 1 is 1.04 bits per heavy atom. The van der Waals surface area contributed by atoms with Crippen LogP contribution in [0.4, 0.5) is 0 Å². The first kappa shape index (κ1) is 18.0. The molecule has 2 aromatic carbocycles. The summed E-state index contributed by atoms with van der Waals surface area (Å²) in [5, 5.41) is 13.3. The number of hydrogen-bond donors (Lipinski definition) is 1. The lowest BCUT2D eigenvalue weighted by molar-refractivity contribution is 0.0693. The van der Waals surface area contributed by atoms with Gasteiger partial charge in [0.05, 0.1) is 16.8 Å². The fraction of sp³-hybridized carbons (Fsp3) is 0.227. The second-order valence-electron chi connectivity index (χ2n) is 6.99. The molecule has 1 N–H and O–H groups in total. The van der Waals surface area contributed by atoms with Gasteiger partial charge in [0.1, 0.15) is 0 Å². The van der Waals surface area contributed by atoms with Gasteiger partial charge < -0.3 is 10.0 Å². The number of aromatic carboxylic acids is 1. The number of aromatic nitrogens is 2. The van der Waals surface area contributed by atoms with Crippen molar-refractivity contribution < 1.29 is 14.7 Å². The average Bonchev–Trinajstić information content (AvgIpc) is 3.28. The number of rotatable bonds is 4. The first-order valence-corrected chi connectivity index (χ1v) is 9.35. The van der Waals surface area contributed by atoms with Crippen LogP contribution in [0.5, 0.6) is 0 Å². The summed E-state index contributed by atoms with van der Waals surface area (Å²) in [6, 6.07) is 16.3. The summed E-state index contributed by atoms with van der Waals surface area (Å²) in [6.45, 7) is 1.34. The monoisotopic (exact) mass is 375 g/mol. The Balaban J connectivity index is 1.55. The van der Waals surface area contributed by atoms with E-state index in [0.717, 1.165) is 30.6 Å². The van der Waals surface area contributed by atoms with Crippen molar-refractivity contribution in [1.82, 2.24) is 14.7 Å². The van der Waals surface area contributed by atoms with E-state index in [1.165, 1.54) is 0 Å². The lowest BCUT2D eigenvalue weighted by atomic mass is 9.89. The van der Waals surface area contributed by atoms with Crippen LogP contribution < -0.4 is 0 Å². The molecule has 0 saturated carbocycles. The molecule has 28 heavy (non-hydrogen) atoms. The summed E-state index contributed by atoms with van der Waals surface area (Å²) >= 11 is 0. The van der Waals surface area contributed by atoms with E-state index >= 15 is 0 Å². The smallest absolute Gasteiger partial charge is 0.335 e. The zero-order chi connectivity index (χ0) is 19.5. The van der Waals surface area contributed by atoms with Crippen LogP contribution in [0.1, 0.15) is 45.0 Å². The molecule has 3 aromatic rings. The van der Waals surface area contributed by atoms with Crippen LogP contribution in [0, 0.1) is 0 Å². The van der Waals surface area contributed by atoms with E-state index in [1.54, 1.807) is 23.0 Å². The molecule has 1 aliphatic heterocycles. The molecule has 4 rings (SSSR count). The summed E-state index contributed by atoms with van der Waals surface area (Å²) in [7, 11) is 0. The number of carboxylic acid groups (broad SMARTS) is 1. The van der Waals surface area contributed by atoms with Crippen LogP contribution in [0.3, 0.4) is 0 Å². The zero-order valence-electron chi connectivity index (χ0n) is 15.4. The predicted molar refractivity (Wildman–Crippen MR) is 105 cm³/mol. The van der Waals surface area contributed by atoms with E-state index in [9.17, 15) is 9.59 Å². The molecule has 1 fully saturated rings. The molecule has 1 atom stereocenters. The summed E-state index contributed by atoms with van der Waals surface area (Å²) in [5.74, 6) is -0.724. The van der Waals surface area contributed by atoms with Crippen LogP contribution in [0.15, 0.2) is 67.0 Å². The Hall–Kier alpha value is -3.41. The quantitative estimate of drug-likeness (QED) is 0.756. The zero-order valence-corrected chi connectivity index (χ0v) is 15.4. The van der Waals surface area contributed by atoms with Gasteiger partial charge in [0.2, 0.25) is 0 Å². The number of hydrogen-bond acceptors (Lipinski definition) is 3. The SMILES string of the molecule is O=C(O)c1ccc([C@@H]2CCCN(C(=O)c3ccccc3-n3cccn3)C2)cc1. The van der Waals surface area contributed by atoms with Crippen molar-refractivity contribution in [2.75, 3.05) is 13.1 Å². The molecule has 1 amide bonds. The maximum atomic E-state index is 13.2. The van der Waals surface area contributed by atoms with Gasteiger partial charge in [-0.1, -0.05) is 24.3 Å². The summed E-state index contributed by atoms with van der Waals surface area (Å²) in [6.07, 6.45) is 5.42. The topological polar surface area (TPSA) is 75.4 Å². The lowest BCUT2D eigenvalue weighted by Crippen LogP contribution is -2.39. The molecule has 142 valence electrons. The molecular formula is C22H21N3O3. The minimum Gasteiger partial charge on any atom is -0.478 e. The first-order valence-electron chi connectivity index (χ1n) is 9.35. The number of para-hydroxylation sites is 1. The van der Waals surface area contributed by atoms with Crippen LogP contribution in [0.2, 0.25) is 0 Å². The minimum absolute atomic E-state index is 0.00189. The third-order valence-corrected chi connectivity index (χ3v) is 5.22. The fourth-order valence-electron chi connectivity index (χ4n) is 3.77. The molecule has 1 aliphatic rings. The molecule has 0 radical (unpaired) electrons. The van der Waals surface area contributed by atoms with Crippen molar-refractivity contribution in [3.8, 4) is 5.69 Å². The van der Waals surface area contributed by atoms with Gasteiger partial charge in [-0.05, 0) is 48.7 Å². The number of likely N-dealkylation sites (tertiary alicyclic amines) is 1. The molecule has 6 heteroatoms. The van der Waals surface area contributed by atoms with Gasteiger partial charge in [-0.3, -0.25) is 4.79 Å². The molecule has 0 aliphatic carbocycles. The Morgan fingerprint density at radius 2 is 1.82 bits per heavy atom. The largest absolute Gasteiger partial charge is 0.478 e. The second kappa shape index (κ2) is 7.68. The number of carboxylic acids is 1. The second-order valence-corrected chi connectivity index (χ2v) is 6.99. The number of piperidine rings is 1. The van der Waals surface area contributed by atoms with Gasteiger partial charge in [0.15, 0.2) is 0 Å². The highest BCUT2D eigenvalue weighted by Gasteiger charge is 2.27. The van der Waals surface area contributed by atoms with Gasteiger partial charge in [-0.15, -0.1) is 0 Å². The number of amides is 1. The summed E-state index contributed by atoms with van der Waals surface area (Å²) < 4.78 is 1.71. The fourth-order valence-corrected chi connectivity index (χ4v) is 3.77. The van der Waals surface area contributed by atoms with Crippen LogP contribution in [0.25, 0.3) is 5.69 Å². The van der Waals surface area contributed by atoms with E-state index in [0.29, 0.717) is 12.1 Å². The van der Waals surface area contributed by atoms with E-state index < -0.39 is 5.97 Å². The van der Waals surface area contributed by atoms with Crippen LogP contribution >= 0.6 is 0 Å². The van der Waals surface area contributed by atoms with Gasteiger partial charge in [0, 0.05) is 31.4 Å². The Morgan fingerprint density at radius 3 is 2.54 bits per heavy atom. The number of benzene rings is 2. The van der Waals surface area contributed by atoms with Gasteiger partial charge in [0.25, 0.3) is 5.91 Å². The molecule has 2 heterocycles. The van der Waals surface area contributed by atoms with Gasteiger partial charge in [-0.2, -0.15) is 5.10 Å².